The van der Waals surface area contributed by atoms with Crippen molar-refractivity contribution in [1.82, 2.24) is 9.34 Å². The van der Waals surface area contributed by atoms with Crippen molar-refractivity contribution in [3.8, 4) is 0 Å². The third-order valence-corrected chi connectivity index (χ3v) is 7.07. The summed E-state index contributed by atoms with van der Waals surface area (Å²) in [7, 11) is 3.90. The van der Waals surface area contributed by atoms with Gasteiger partial charge in [-0.3, -0.25) is 0 Å². The van der Waals surface area contributed by atoms with Crippen LogP contribution in [-0.2, 0) is 4.52 Å². The molecule has 0 bridgehead atoms. The molecule has 0 unspecified atom stereocenters. The lowest BCUT2D eigenvalue weighted by Gasteiger charge is -2.29. The topological polar surface area (TPSA) is 15.7 Å². The van der Waals surface area contributed by atoms with Crippen molar-refractivity contribution in [2.24, 2.45) is 0 Å². The summed E-state index contributed by atoms with van der Waals surface area (Å²) in [6.07, 6.45) is 6.64. The van der Waals surface area contributed by atoms with Crippen molar-refractivity contribution < 1.29 is 4.52 Å². The van der Waals surface area contributed by atoms with Gasteiger partial charge in [0, 0.05) is 12.1 Å². The minimum Gasteiger partial charge on any atom is -0.323 e. The summed E-state index contributed by atoms with van der Waals surface area (Å²) in [5.74, 6) is 0. The maximum absolute atomic E-state index is 6.58. The Morgan fingerprint density at radius 2 is 1.67 bits per heavy atom. The van der Waals surface area contributed by atoms with Crippen LogP contribution >= 0.6 is 8.45 Å². The smallest absolute Gasteiger partial charge is 0.188 e. The van der Waals surface area contributed by atoms with Crippen molar-refractivity contribution in [1.29, 1.82) is 0 Å². The molecule has 3 rings (SSSR count). The molecular formula is C17H27N2OP. The van der Waals surface area contributed by atoms with Crippen molar-refractivity contribution >= 4 is 8.45 Å². The molecule has 2 fully saturated rings. The standard InChI is InChI=1S/C17H27N2OP/c1-4-17(14-10-6-5-7-11-14)20-21-18(2)15-12-8-9-13-16(15)19(21)3/h5-7,10-11,15-17H,4,8-9,12-13H2,1-3H3/t15-,16-,17+/m1/s1. The van der Waals surface area contributed by atoms with Crippen LogP contribution in [0.25, 0.3) is 0 Å². The van der Waals surface area contributed by atoms with Gasteiger partial charge >= 0.3 is 0 Å². The molecule has 116 valence electrons. The van der Waals surface area contributed by atoms with E-state index in [4.69, 9.17) is 4.52 Å². The first kappa shape index (κ1) is 15.4. The predicted octanol–water partition coefficient (Wildman–Crippen LogP) is 4.57. The molecule has 0 N–H and O–H groups in total. The second kappa shape index (κ2) is 6.75. The molecular weight excluding hydrogens is 279 g/mol. The molecule has 21 heavy (non-hydrogen) atoms. The first-order valence-electron chi connectivity index (χ1n) is 8.19. The fourth-order valence-corrected chi connectivity index (χ4v) is 6.03. The fraction of sp³-hybridized carbons (Fsp3) is 0.647. The van der Waals surface area contributed by atoms with Crippen molar-refractivity contribution in [2.45, 2.75) is 57.2 Å². The molecule has 1 aliphatic carbocycles. The lowest BCUT2D eigenvalue weighted by molar-refractivity contribution is 0.199. The number of hydrogen-bond acceptors (Lipinski definition) is 3. The Hall–Kier alpha value is -0.470. The minimum atomic E-state index is -0.620. The van der Waals surface area contributed by atoms with Crippen LogP contribution in [0, 0.1) is 0 Å². The highest BCUT2D eigenvalue weighted by Gasteiger charge is 2.46. The molecule has 2 aliphatic rings. The van der Waals surface area contributed by atoms with E-state index in [9.17, 15) is 0 Å². The molecule has 4 heteroatoms. The van der Waals surface area contributed by atoms with Crippen LogP contribution in [0.4, 0.5) is 0 Å². The Labute approximate surface area is 130 Å². The van der Waals surface area contributed by atoms with Gasteiger partial charge in [0.05, 0.1) is 6.10 Å². The van der Waals surface area contributed by atoms with Crippen LogP contribution in [-0.4, -0.2) is 35.5 Å². The first-order valence-corrected chi connectivity index (χ1v) is 9.36. The highest BCUT2D eigenvalue weighted by Crippen LogP contribution is 2.58. The van der Waals surface area contributed by atoms with Crippen LogP contribution < -0.4 is 0 Å². The molecule has 0 aromatic heterocycles. The summed E-state index contributed by atoms with van der Waals surface area (Å²) in [4.78, 5) is 0. The first-order chi connectivity index (χ1) is 10.2. The summed E-state index contributed by atoms with van der Waals surface area (Å²) in [5, 5.41) is 0. The lowest BCUT2D eigenvalue weighted by atomic mass is 9.91. The summed E-state index contributed by atoms with van der Waals surface area (Å²) < 4.78 is 11.6. The van der Waals surface area contributed by atoms with E-state index in [0.29, 0.717) is 12.1 Å². The number of likely N-dealkylation sites (N-methyl/N-ethyl adjacent to an activating group) is 2. The van der Waals surface area contributed by atoms with E-state index in [-0.39, 0.29) is 6.10 Å². The van der Waals surface area contributed by atoms with Gasteiger partial charge in [-0.25, -0.2) is 9.34 Å². The molecule has 3 atom stereocenters. The van der Waals surface area contributed by atoms with E-state index in [2.05, 4.69) is 60.7 Å². The van der Waals surface area contributed by atoms with Gasteiger partial charge in [-0.2, -0.15) is 0 Å². The molecule has 1 saturated carbocycles. The van der Waals surface area contributed by atoms with Gasteiger partial charge in [0.2, 0.25) is 0 Å². The zero-order valence-corrected chi connectivity index (χ0v) is 14.3. The van der Waals surface area contributed by atoms with E-state index >= 15 is 0 Å². The Morgan fingerprint density at radius 1 is 1.10 bits per heavy atom. The molecule has 0 spiro atoms. The average Bonchev–Trinajstić information content (AvgIpc) is 2.78. The average molecular weight is 306 g/mol. The molecule has 0 amide bonds. The lowest BCUT2D eigenvalue weighted by Crippen LogP contribution is -2.37. The fourth-order valence-electron chi connectivity index (χ4n) is 3.74. The largest absolute Gasteiger partial charge is 0.323 e. The summed E-state index contributed by atoms with van der Waals surface area (Å²) in [5.41, 5.74) is 1.30. The number of fused-ring (bicyclic) bond motifs is 1. The van der Waals surface area contributed by atoms with E-state index < -0.39 is 8.45 Å². The van der Waals surface area contributed by atoms with E-state index in [0.717, 1.165) is 6.42 Å². The van der Waals surface area contributed by atoms with Gasteiger partial charge < -0.3 is 4.52 Å². The normalized spacial score (nSPS) is 29.5. The molecule has 3 nitrogen and oxygen atoms in total. The van der Waals surface area contributed by atoms with Crippen molar-refractivity contribution in [2.75, 3.05) is 14.1 Å². The van der Waals surface area contributed by atoms with E-state index in [1.807, 2.05) is 0 Å². The second-order valence-electron chi connectivity index (χ2n) is 6.23. The van der Waals surface area contributed by atoms with Crippen molar-refractivity contribution in [3.63, 3.8) is 0 Å². The summed E-state index contributed by atoms with van der Waals surface area (Å²) in [6.45, 7) is 2.22. The van der Waals surface area contributed by atoms with Gasteiger partial charge in [-0.15, -0.1) is 0 Å². The number of hydrogen-bond donors (Lipinski definition) is 0. The predicted molar refractivity (Wildman–Crippen MR) is 89.0 cm³/mol. The maximum Gasteiger partial charge on any atom is 0.188 e. The number of rotatable bonds is 4. The summed E-state index contributed by atoms with van der Waals surface area (Å²) in [6, 6.07) is 12.1. The van der Waals surface area contributed by atoms with Crippen LogP contribution in [0.1, 0.15) is 50.7 Å². The third-order valence-electron chi connectivity index (χ3n) is 4.96. The SMILES string of the molecule is CC[C@H](OP1N(C)[C@@H]2CCCC[C@H]2N1C)c1ccccc1. The zero-order chi connectivity index (χ0) is 14.8. The second-order valence-corrected chi connectivity index (χ2v) is 8.21. The molecule has 1 aromatic carbocycles. The van der Waals surface area contributed by atoms with E-state index in [1.54, 1.807) is 0 Å². The van der Waals surface area contributed by atoms with Gasteiger partial charge in [-0.05, 0) is 38.9 Å². The maximum atomic E-state index is 6.58. The van der Waals surface area contributed by atoms with Gasteiger partial charge in [-0.1, -0.05) is 50.1 Å². The Kier molecular flexibility index (Phi) is 4.96. The molecule has 1 saturated heterocycles. The molecule has 1 aliphatic heterocycles. The minimum absolute atomic E-state index is 0.211. The summed E-state index contributed by atoms with van der Waals surface area (Å²) >= 11 is 0. The molecule has 1 heterocycles. The van der Waals surface area contributed by atoms with Crippen LogP contribution in [0.5, 0.6) is 0 Å². The third kappa shape index (κ3) is 3.03. The van der Waals surface area contributed by atoms with Gasteiger partial charge in [0.15, 0.2) is 8.45 Å². The van der Waals surface area contributed by atoms with Crippen LogP contribution in [0.3, 0.4) is 0 Å². The highest BCUT2D eigenvalue weighted by atomic mass is 31.2. The van der Waals surface area contributed by atoms with Crippen LogP contribution in [0.15, 0.2) is 30.3 Å². The highest BCUT2D eigenvalue weighted by molar-refractivity contribution is 7.47. The van der Waals surface area contributed by atoms with Gasteiger partial charge in [0.1, 0.15) is 0 Å². The van der Waals surface area contributed by atoms with E-state index in [1.165, 1.54) is 31.2 Å². The Balaban J connectivity index is 1.74. The molecule has 0 radical (unpaired) electrons. The molecule has 1 aromatic rings. The van der Waals surface area contributed by atoms with Crippen molar-refractivity contribution in [3.05, 3.63) is 35.9 Å². The van der Waals surface area contributed by atoms with Gasteiger partial charge in [0.25, 0.3) is 0 Å². The zero-order valence-electron chi connectivity index (χ0n) is 13.4. The van der Waals surface area contributed by atoms with Crippen LogP contribution in [0.2, 0.25) is 0 Å². The quantitative estimate of drug-likeness (QED) is 0.758. The monoisotopic (exact) mass is 306 g/mol. The Morgan fingerprint density at radius 3 is 2.19 bits per heavy atom. The number of nitrogens with zero attached hydrogens (tertiary/aromatic N) is 2. The number of benzene rings is 1. The Bertz CT molecular complexity index is 437.